The van der Waals surface area contributed by atoms with Gasteiger partial charge in [0.1, 0.15) is 0 Å². The van der Waals surface area contributed by atoms with Crippen LogP contribution in [0.2, 0.25) is 0 Å². The minimum atomic E-state index is -0.0550. The average Bonchev–Trinajstić information content (AvgIpc) is 3.42. The number of rotatable bonds is 6. The van der Waals surface area contributed by atoms with Crippen LogP contribution in [-0.4, -0.2) is 0 Å². The molecule has 0 N–H and O–H groups in total. The third-order valence-electron chi connectivity index (χ3n) is 10.5. The van der Waals surface area contributed by atoms with Crippen molar-refractivity contribution in [2.75, 3.05) is 4.90 Å². The van der Waals surface area contributed by atoms with Crippen LogP contribution in [-0.2, 0) is 5.41 Å². The average molecular weight is 640 g/mol. The summed E-state index contributed by atoms with van der Waals surface area (Å²) >= 11 is 0. The summed E-state index contributed by atoms with van der Waals surface area (Å²) in [6, 6.07) is 68.4. The molecule has 9 rings (SSSR count). The lowest BCUT2D eigenvalue weighted by Crippen LogP contribution is -2.15. The third-order valence-corrected chi connectivity index (χ3v) is 10.5. The molecule has 0 aliphatic heterocycles. The van der Waals surface area contributed by atoms with Crippen LogP contribution < -0.4 is 4.90 Å². The second-order valence-corrected chi connectivity index (χ2v) is 13.8. The third kappa shape index (κ3) is 5.02. The van der Waals surface area contributed by atoms with E-state index in [1.165, 1.54) is 66.4 Å². The van der Waals surface area contributed by atoms with Crippen molar-refractivity contribution in [1.82, 2.24) is 0 Å². The Labute approximate surface area is 294 Å². The fraction of sp³-hybridized carbons (Fsp3) is 0.0612. The highest BCUT2D eigenvalue weighted by Gasteiger charge is 2.36. The first-order chi connectivity index (χ1) is 24.6. The van der Waals surface area contributed by atoms with Crippen molar-refractivity contribution in [3.63, 3.8) is 0 Å². The Morgan fingerprint density at radius 3 is 1.34 bits per heavy atom. The van der Waals surface area contributed by atoms with E-state index in [1.54, 1.807) is 0 Å². The lowest BCUT2D eigenvalue weighted by Gasteiger charge is -2.26. The van der Waals surface area contributed by atoms with Gasteiger partial charge in [0.15, 0.2) is 0 Å². The maximum absolute atomic E-state index is 2.37. The van der Waals surface area contributed by atoms with Crippen molar-refractivity contribution in [1.29, 1.82) is 0 Å². The smallest absolute Gasteiger partial charge is 0.0462 e. The largest absolute Gasteiger partial charge is 0.311 e. The van der Waals surface area contributed by atoms with Crippen molar-refractivity contribution in [2.45, 2.75) is 19.3 Å². The topological polar surface area (TPSA) is 3.24 Å². The predicted octanol–water partition coefficient (Wildman–Crippen LogP) is 13.6. The summed E-state index contributed by atoms with van der Waals surface area (Å²) in [5.41, 5.74) is 16.2. The Kier molecular flexibility index (Phi) is 7.21. The van der Waals surface area contributed by atoms with Gasteiger partial charge >= 0.3 is 0 Å². The summed E-state index contributed by atoms with van der Waals surface area (Å²) in [6.07, 6.45) is 0. The van der Waals surface area contributed by atoms with Crippen molar-refractivity contribution >= 4 is 27.8 Å². The number of nitrogens with zero attached hydrogens (tertiary/aromatic N) is 1. The fourth-order valence-electron chi connectivity index (χ4n) is 8.01. The number of hydrogen-bond acceptors (Lipinski definition) is 1. The van der Waals surface area contributed by atoms with E-state index < -0.39 is 0 Å². The molecule has 0 bridgehead atoms. The van der Waals surface area contributed by atoms with Gasteiger partial charge in [-0.05, 0) is 103 Å². The fourth-order valence-corrected chi connectivity index (χ4v) is 8.01. The lowest BCUT2D eigenvalue weighted by molar-refractivity contribution is 0.666. The van der Waals surface area contributed by atoms with Crippen molar-refractivity contribution < 1.29 is 0 Å². The maximum atomic E-state index is 2.37. The molecular weight excluding hydrogens is 603 g/mol. The first kappa shape index (κ1) is 29.9. The summed E-state index contributed by atoms with van der Waals surface area (Å²) in [4.78, 5) is 2.35. The van der Waals surface area contributed by atoms with Gasteiger partial charge < -0.3 is 4.90 Å². The molecule has 1 nitrogen and oxygen atoms in total. The maximum Gasteiger partial charge on any atom is 0.0462 e. The minimum absolute atomic E-state index is 0.0550. The SMILES string of the molecule is CC1(C)c2ccccc2-c2ccc3c(-c4ccc(N(c5ccc(-c6ccccc6)cc5)c5ccc(-c6ccccc6)cc5)cc4)cccc3c21. The van der Waals surface area contributed by atoms with E-state index in [4.69, 9.17) is 0 Å². The molecular formula is C49H37N. The molecule has 1 aliphatic carbocycles. The van der Waals surface area contributed by atoms with E-state index in [0.717, 1.165) is 17.1 Å². The zero-order valence-corrected chi connectivity index (χ0v) is 28.3. The van der Waals surface area contributed by atoms with Gasteiger partial charge in [0, 0.05) is 22.5 Å². The summed E-state index contributed by atoms with van der Waals surface area (Å²) in [7, 11) is 0. The Morgan fingerprint density at radius 2 is 0.780 bits per heavy atom. The summed E-state index contributed by atoms with van der Waals surface area (Å²) in [6.45, 7) is 4.73. The van der Waals surface area contributed by atoms with Crippen LogP contribution in [0.15, 0.2) is 188 Å². The van der Waals surface area contributed by atoms with E-state index in [1.807, 2.05) is 0 Å². The van der Waals surface area contributed by atoms with Crippen molar-refractivity contribution in [3.05, 3.63) is 199 Å². The zero-order chi connectivity index (χ0) is 33.7. The van der Waals surface area contributed by atoms with Crippen LogP contribution in [0.5, 0.6) is 0 Å². The second-order valence-electron chi connectivity index (χ2n) is 13.8. The van der Waals surface area contributed by atoms with Crippen molar-refractivity contribution in [2.24, 2.45) is 0 Å². The number of fused-ring (bicyclic) bond motifs is 5. The Bertz CT molecular complexity index is 2370. The monoisotopic (exact) mass is 639 g/mol. The van der Waals surface area contributed by atoms with Gasteiger partial charge in [-0.15, -0.1) is 0 Å². The van der Waals surface area contributed by atoms with Crippen LogP contribution in [0.3, 0.4) is 0 Å². The first-order valence-corrected chi connectivity index (χ1v) is 17.4. The molecule has 0 radical (unpaired) electrons. The van der Waals surface area contributed by atoms with Gasteiger partial charge in [-0.3, -0.25) is 0 Å². The summed E-state index contributed by atoms with van der Waals surface area (Å²) in [5.74, 6) is 0. The number of hydrogen-bond donors (Lipinski definition) is 0. The van der Waals surface area contributed by atoms with Crippen LogP contribution in [0.1, 0.15) is 25.0 Å². The van der Waals surface area contributed by atoms with Gasteiger partial charge in [0.05, 0.1) is 0 Å². The standard InChI is InChI=1S/C49H37N/c1-49(2)47-19-10-9-16-44(47)46-33-32-43-42(17-11-18-45(43)48(46)49)38-24-30-41(31-25-38)50(39-26-20-36(21-27-39)34-12-5-3-6-13-34)40-28-22-37(23-29-40)35-14-7-4-8-15-35/h3-33H,1-2H3. The number of benzene rings is 8. The van der Waals surface area contributed by atoms with Gasteiger partial charge in [-0.1, -0.05) is 166 Å². The highest BCUT2D eigenvalue weighted by molar-refractivity contribution is 6.04. The van der Waals surface area contributed by atoms with E-state index in [9.17, 15) is 0 Å². The van der Waals surface area contributed by atoms with Gasteiger partial charge in [0.25, 0.3) is 0 Å². The first-order valence-electron chi connectivity index (χ1n) is 17.4. The molecule has 0 amide bonds. The highest BCUT2D eigenvalue weighted by Crippen LogP contribution is 2.52. The lowest BCUT2D eigenvalue weighted by atomic mass is 9.79. The van der Waals surface area contributed by atoms with E-state index in [-0.39, 0.29) is 5.41 Å². The molecule has 0 spiro atoms. The molecule has 0 saturated carbocycles. The normalized spacial score (nSPS) is 12.8. The van der Waals surface area contributed by atoms with E-state index in [2.05, 4.69) is 207 Å². The summed E-state index contributed by atoms with van der Waals surface area (Å²) in [5, 5.41) is 2.63. The van der Waals surface area contributed by atoms with Crippen LogP contribution in [0, 0.1) is 0 Å². The molecule has 0 saturated heterocycles. The quantitative estimate of drug-likeness (QED) is 0.175. The van der Waals surface area contributed by atoms with Gasteiger partial charge in [-0.25, -0.2) is 0 Å². The van der Waals surface area contributed by atoms with Crippen molar-refractivity contribution in [3.8, 4) is 44.5 Å². The van der Waals surface area contributed by atoms with Crippen LogP contribution >= 0.6 is 0 Å². The molecule has 8 aromatic rings. The van der Waals surface area contributed by atoms with Crippen LogP contribution in [0.4, 0.5) is 17.1 Å². The molecule has 1 aliphatic rings. The molecule has 0 fully saturated rings. The minimum Gasteiger partial charge on any atom is -0.311 e. The second kappa shape index (κ2) is 12.1. The Balaban J connectivity index is 1.11. The van der Waals surface area contributed by atoms with E-state index >= 15 is 0 Å². The molecule has 238 valence electrons. The molecule has 1 heteroatoms. The Morgan fingerprint density at radius 1 is 0.320 bits per heavy atom. The molecule has 0 unspecified atom stereocenters. The highest BCUT2D eigenvalue weighted by atomic mass is 15.1. The van der Waals surface area contributed by atoms with Gasteiger partial charge in [-0.2, -0.15) is 0 Å². The molecule has 50 heavy (non-hydrogen) atoms. The molecule has 0 aromatic heterocycles. The summed E-state index contributed by atoms with van der Waals surface area (Å²) < 4.78 is 0. The Hall–Kier alpha value is -6.18. The van der Waals surface area contributed by atoms with Crippen LogP contribution in [0.25, 0.3) is 55.3 Å². The van der Waals surface area contributed by atoms with Gasteiger partial charge in [0.2, 0.25) is 0 Å². The van der Waals surface area contributed by atoms with E-state index in [0.29, 0.717) is 0 Å². The predicted molar refractivity (Wildman–Crippen MR) is 213 cm³/mol. The zero-order valence-electron chi connectivity index (χ0n) is 28.3. The molecule has 8 aromatic carbocycles. The molecule has 0 atom stereocenters. The number of anilines is 3. The molecule has 0 heterocycles.